The van der Waals surface area contributed by atoms with E-state index in [1.807, 2.05) is 27.7 Å². The third-order valence-corrected chi connectivity index (χ3v) is 6.65. The Morgan fingerprint density at radius 3 is 2.14 bits per heavy atom. The second-order valence-electron chi connectivity index (χ2n) is 8.64. The summed E-state index contributed by atoms with van der Waals surface area (Å²) in [5.74, 6) is 4.29. The molecule has 4 saturated carbocycles. The minimum absolute atomic E-state index is 0.146. The van der Waals surface area contributed by atoms with Gasteiger partial charge in [-0.25, -0.2) is 0 Å². The van der Waals surface area contributed by atoms with Gasteiger partial charge < -0.3 is 9.47 Å². The molecule has 4 bridgehead atoms. The molecule has 4 aliphatic carbocycles. The highest BCUT2D eigenvalue weighted by atomic mass is 16.7. The van der Waals surface area contributed by atoms with Crippen LogP contribution in [-0.4, -0.2) is 18.9 Å². The molecule has 4 fully saturated rings. The van der Waals surface area contributed by atoms with Crippen LogP contribution in [0.25, 0.3) is 0 Å². The van der Waals surface area contributed by atoms with Crippen molar-refractivity contribution in [3.63, 3.8) is 0 Å². The molecule has 4 rings (SSSR count). The molecule has 1 atom stereocenters. The molecule has 0 spiro atoms. The van der Waals surface area contributed by atoms with Gasteiger partial charge >= 0.3 is 5.97 Å². The summed E-state index contributed by atoms with van der Waals surface area (Å²) >= 11 is 0. The summed E-state index contributed by atoms with van der Waals surface area (Å²) in [6, 6.07) is 0. The Hall–Kier alpha value is -0.570. The average molecular weight is 308 g/mol. The van der Waals surface area contributed by atoms with E-state index in [0.29, 0.717) is 5.92 Å². The van der Waals surface area contributed by atoms with Crippen LogP contribution in [0.3, 0.4) is 0 Å². The summed E-state index contributed by atoms with van der Waals surface area (Å²) in [4.78, 5) is 12.1. The Morgan fingerprint density at radius 2 is 1.64 bits per heavy atom. The topological polar surface area (TPSA) is 35.5 Å². The van der Waals surface area contributed by atoms with Gasteiger partial charge in [0.15, 0.2) is 6.29 Å². The molecule has 0 radical (unpaired) electrons. The van der Waals surface area contributed by atoms with Crippen molar-refractivity contribution in [2.24, 2.45) is 35.0 Å². The summed E-state index contributed by atoms with van der Waals surface area (Å²) in [7, 11) is 0. The number of rotatable bonds is 6. The van der Waals surface area contributed by atoms with Crippen LogP contribution in [0.2, 0.25) is 0 Å². The first kappa shape index (κ1) is 16.3. The van der Waals surface area contributed by atoms with Gasteiger partial charge in [-0.3, -0.25) is 4.79 Å². The fraction of sp³-hybridized carbons (Fsp3) is 0.947. The van der Waals surface area contributed by atoms with Gasteiger partial charge in [-0.15, -0.1) is 0 Å². The summed E-state index contributed by atoms with van der Waals surface area (Å²) in [6.07, 6.45) is 7.51. The summed E-state index contributed by atoms with van der Waals surface area (Å²) < 4.78 is 11.4. The fourth-order valence-electron chi connectivity index (χ4n) is 5.05. The molecule has 1 unspecified atom stereocenters. The maximum atomic E-state index is 12.1. The van der Waals surface area contributed by atoms with Crippen molar-refractivity contribution in [2.75, 3.05) is 6.61 Å². The molecular weight excluding hydrogens is 276 g/mol. The average Bonchev–Trinajstić information content (AvgIpc) is 2.45. The van der Waals surface area contributed by atoms with Crippen LogP contribution in [0.15, 0.2) is 0 Å². The molecule has 0 amide bonds. The van der Waals surface area contributed by atoms with Crippen LogP contribution in [0.1, 0.15) is 66.2 Å². The van der Waals surface area contributed by atoms with Crippen molar-refractivity contribution in [3.05, 3.63) is 0 Å². The van der Waals surface area contributed by atoms with Crippen molar-refractivity contribution in [1.82, 2.24) is 0 Å². The lowest BCUT2D eigenvalue weighted by atomic mass is 9.52. The lowest BCUT2D eigenvalue weighted by molar-refractivity contribution is -0.193. The highest BCUT2D eigenvalue weighted by molar-refractivity contribution is 5.75. The lowest BCUT2D eigenvalue weighted by Crippen LogP contribution is -2.47. The minimum Gasteiger partial charge on any atom is -0.436 e. The minimum atomic E-state index is -0.421. The molecule has 3 heteroatoms. The summed E-state index contributed by atoms with van der Waals surface area (Å²) in [5, 5.41) is 0. The third-order valence-electron chi connectivity index (χ3n) is 6.65. The van der Waals surface area contributed by atoms with Crippen LogP contribution in [0.4, 0.5) is 0 Å². The standard InChI is InChI=1S/C19H32O3/c1-5-19(3,4)18(20)22-12(2)21-11-17-15-7-13-6-14(9-15)10-16(17)8-13/h12-17H,5-11H2,1-4H3. The SMILES string of the molecule is CCC(C)(C)C(=O)OC(C)OCC1C2CC3CC(C2)CC1C3. The van der Waals surface area contributed by atoms with Gasteiger partial charge in [0.05, 0.1) is 12.0 Å². The molecule has 0 aromatic carbocycles. The van der Waals surface area contributed by atoms with Crippen molar-refractivity contribution in [1.29, 1.82) is 0 Å². The molecule has 4 aliphatic rings. The molecule has 0 N–H and O–H groups in total. The van der Waals surface area contributed by atoms with Crippen molar-refractivity contribution >= 4 is 5.97 Å². The maximum absolute atomic E-state index is 12.1. The van der Waals surface area contributed by atoms with E-state index >= 15 is 0 Å². The molecule has 0 aliphatic heterocycles. The number of carbonyl (C=O) groups excluding carboxylic acids is 1. The molecule has 22 heavy (non-hydrogen) atoms. The van der Waals surface area contributed by atoms with E-state index in [4.69, 9.17) is 9.47 Å². The van der Waals surface area contributed by atoms with Gasteiger partial charge in [0, 0.05) is 0 Å². The Labute approximate surface area is 135 Å². The predicted octanol–water partition coefficient (Wildman–Crippen LogP) is 4.40. The van der Waals surface area contributed by atoms with Crippen LogP contribution >= 0.6 is 0 Å². The predicted molar refractivity (Wildman–Crippen MR) is 86.1 cm³/mol. The quantitative estimate of drug-likeness (QED) is 0.539. The van der Waals surface area contributed by atoms with E-state index in [0.717, 1.165) is 36.7 Å². The van der Waals surface area contributed by atoms with Crippen LogP contribution in [0, 0.1) is 35.0 Å². The van der Waals surface area contributed by atoms with Gasteiger partial charge in [-0.05, 0) is 88.9 Å². The van der Waals surface area contributed by atoms with Gasteiger partial charge in [-0.2, -0.15) is 0 Å². The second-order valence-corrected chi connectivity index (χ2v) is 8.64. The Bertz CT molecular complexity index is 387. The zero-order valence-electron chi connectivity index (χ0n) is 14.6. The van der Waals surface area contributed by atoms with Crippen molar-refractivity contribution in [2.45, 2.75) is 72.5 Å². The van der Waals surface area contributed by atoms with Crippen molar-refractivity contribution < 1.29 is 14.3 Å². The Kier molecular flexibility index (Phi) is 4.55. The highest BCUT2D eigenvalue weighted by Crippen LogP contribution is 2.56. The largest absolute Gasteiger partial charge is 0.436 e. The number of ether oxygens (including phenoxy) is 2. The zero-order valence-corrected chi connectivity index (χ0v) is 14.6. The first-order chi connectivity index (χ1) is 10.4. The molecule has 3 nitrogen and oxygen atoms in total. The smallest absolute Gasteiger partial charge is 0.313 e. The van der Waals surface area contributed by atoms with E-state index in [1.54, 1.807) is 0 Å². The normalized spacial score (nSPS) is 38.1. The molecule has 0 aromatic rings. The van der Waals surface area contributed by atoms with E-state index in [-0.39, 0.29) is 5.97 Å². The summed E-state index contributed by atoms with van der Waals surface area (Å²) in [6.45, 7) is 8.51. The molecule has 0 saturated heterocycles. The lowest BCUT2D eigenvalue weighted by Gasteiger charge is -2.54. The molecular formula is C19H32O3. The first-order valence-electron chi connectivity index (χ1n) is 9.21. The maximum Gasteiger partial charge on any atom is 0.313 e. The highest BCUT2D eigenvalue weighted by Gasteiger charge is 2.48. The van der Waals surface area contributed by atoms with Gasteiger partial charge in [0.25, 0.3) is 0 Å². The monoisotopic (exact) mass is 308 g/mol. The second kappa shape index (κ2) is 6.14. The molecule has 0 heterocycles. The van der Waals surface area contributed by atoms with Crippen LogP contribution in [0.5, 0.6) is 0 Å². The number of esters is 1. The first-order valence-corrected chi connectivity index (χ1v) is 9.21. The molecule has 126 valence electrons. The third kappa shape index (κ3) is 3.20. The number of hydrogen-bond donors (Lipinski definition) is 0. The van der Waals surface area contributed by atoms with Gasteiger partial charge in [0.1, 0.15) is 0 Å². The van der Waals surface area contributed by atoms with Crippen LogP contribution < -0.4 is 0 Å². The van der Waals surface area contributed by atoms with E-state index in [1.165, 1.54) is 32.1 Å². The van der Waals surface area contributed by atoms with E-state index in [9.17, 15) is 4.79 Å². The van der Waals surface area contributed by atoms with Gasteiger partial charge in [0.2, 0.25) is 0 Å². The Balaban J connectivity index is 1.47. The zero-order chi connectivity index (χ0) is 15.9. The van der Waals surface area contributed by atoms with E-state index < -0.39 is 11.7 Å². The molecule has 0 aromatic heterocycles. The van der Waals surface area contributed by atoms with Gasteiger partial charge in [-0.1, -0.05) is 6.92 Å². The fourth-order valence-corrected chi connectivity index (χ4v) is 5.05. The summed E-state index contributed by atoms with van der Waals surface area (Å²) in [5.41, 5.74) is -0.416. The van der Waals surface area contributed by atoms with E-state index in [2.05, 4.69) is 0 Å². The van der Waals surface area contributed by atoms with Crippen molar-refractivity contribution in [3.8, 4) is 0 Å². The van der Waals surface area contributed by atoms with Crippen LogP contribution in [-0.2, 0) is 14.3 Å². The number of carbonyl (C=O) groups is 1. The number of hydrogen-bond acceptors (Lipinski definition) is 3. The Morgan fingerprint density at radius 1 is 1.09 bits per heavy atom.